The first-order valence-corrected chi connectivity index (χ1v) is 36.7. The van der Waals surface area contributed by atoms with E-state index in [1.54, 1.807) is 35.6 Å². The largest absolute Gasteiger partial charge is 0.445 e. The molecule has 9 aliphatic rings. The summed E-state index contributed by atoms with van der Waals surface area (Å²) in [6, 6.07) is 32.6. The van der Waals surface area contributed by atoms with E-state index >= 15 is 0 Å². The number of nitrogens with two attached hydrogens (primary N) is 1. The number of piperidine rings is 5. The van der Waals surface area contributed by atoms with Gasteiger partial charge in [0.2, 0.25) is 0 Å². The van der Waals surface area contributed by atoms with Gasteiger partial charge in [-0.3, -0.25) is 0 Å². The summed E-state index contributed by atoms with van der Waals surface area (Å²) in [5, 5.41) is 15.3. The van der Waals surface area contributed by atoms with Gasteiger partial charge in [0.1, 0.15) is 31.7 Å². The Labute approximate surface area is 606 Å². The van der Waals surface area contributed by atoms with Gasteiger partial charge in [0.25, 0.3) is 0 Å². The molecule has 0 unspecified atom stereocenters. The van der Waals surface area contributed by atoms with Crippen LogP contribution < -0.4 is 21.3 Å². The predicted octanol–water partition coefficient (Wildman–Crippen LogP) is 9.10. The molecule has 27 nitrogen and oxygen atoms in total. The molecule has 0 radical (unpaired) electrons. The number of nitrogens with one attached hydrogen (secondary N) is 2. The van der Waals surface area contributed by atoms with Crippen LogP contribution in [0.2, 0.25) is 5.15 Å². The number of urea groups is 4. The summed E-state index contributed by atoms with van der Waals surface area (Å²) < 4.78 is 16.2. The van der Waals surface area contributed by atoms with Gasteiger partial charge in [0, 0.05) is 130 Å². The van der Waals surface area contributed by atoms with Crippen LogP contribution in [0.1, 0.15) is 121 Å². The van der Waals surface area contributed by atoms with Gasteiger partial charge in [-0.15, -0.1) is 0 Å². The number of nitriles is 1. The molecule has 11 amide bonds. The zero-order valence-electron chi connectivity index (χ0n) is 60.7. The third-order valence-electron chi connectivity index (χ3n) is 21.3. The fraction of sp³-hybridized carbons (Fsp3) is 0.595. The van der Waals surface area contributed by atoms with E-state index in [9.17, 15) is 33.6 Å². The van der Waals surface area contributed by atoms with Crippen molar-refractivity contribution in [3.8, 4) is 6.07 Å². The highest BCUT2D eigenvalue weighted by Crippen LogP contribution is 2.31. The summed E-state index contributed by atoms with van der Waals surface area (Å²) in [4.78, 5) is 114. The number of carbonyl (C=O) groups is 7. The van der Waals surface area contributed by atoms with Gasteiger partial charge in [0.05, 0.1) is 36.4 Å². The fourth-order valence-corrected chi connectivity index (χ4v) is 15.2. The highest BCUT2D eigenvalue weighted by atomic mass is 35.5. The molecule has 10 heterocycles. The number of nitrogens with zero attached hydrogens (tertiary/aromatic N) is 14. The number of hydrogen-bond acceptors (Lipinski definition) is 16. The van der Waals surface area contributed by atoms with E-state index in [-0.39, 0.29) is 115 Å². The standard InChI is InChI=1S/C18H25N3O3.C17H23N3O3.C15H19ClN6O.C14H20N2O2.C10H19N3O/c1-14-16(21-12-11-19(2)17(21)22)9-6-10-20(14)18(23)24-13-15-7-4-3-5-8-15;1-13-15(20-11-9-18-16(20)21)8-5-10-19(13)17(22)23-12-14-6-3-2-4-7-14;1-10-12(22-7-6-20(2)15(22)23)4-3-5-21(10)13-9-18-11(8-17)14(16)19-13;1-11-13(15)8-5-9-16(11)14(17)18-10-12-6-3-2-4-7-12;1-8-9(4-3-5-11-8)13-7-6-12(2)10(13)14/h3-5,7-8,14,16H,6,9-13H2,1-2H3;2-4,6-7,13,15H,5,8-12H2,1H3,(H,18,21);9-10,12H,3-7H2,1-2H3;2-4,6-7,11,13H,5,8-10,15H2,1H3;8-9,11H,3-7H2,1-2H3/t14-,16-;13-,15-;10-,12-;11-,13-;8-,9-/m11111/s1. The molecule has 1 aromatic heterocycles. The first-order valence-electron chi connectivity index (χ1n) is 36.3. The maximum absolute atomic E-state index is 12.5. The first kappa shape index (κ1) is 77.3. The molecule has 4 aromatic rings. The number of likely N-dealkylation sites (tertiary alicyclic amines) is 3. The van der Waals surface area contributed by atoms with E-state index in [0.29, 0.717) is 50.7 Å². The Balaban J connectivity index is 0.000000150. The van der Waals surface area contributed by atoms with Gasteiger partial charge in [-0.05, 0) is 122 Å². The summed E-state index contributed by atoms with van der Waals surface area (Å²) in [5.41, 5.74) is 9.04. The summed E-state index contributed by atoms with van der Waals surface area (Å²) >= 11 is 6.01. The highest BCUT2D eigenvalue weighted by molar-refractivity contribution is 6.30. The maximum Gasteiger partial charge on any atom is 0.410 e. The number of aromatic nitrogens is 2. The monoisotopic (exact) mass is 1430 g/mol. The minimum absolute atomic E-state index is 0.0265. The molecule has 9 fully saturated rings. The van der Waals surface area contributed by atoms with Crippen molar-refractivity contribution in [1.29, 1.82) is 5.26 Å². The average molecular weight is 1430 g/mol. The Morgan fingerprint density at radius 3 is 1.30 bits per heavy atom. The number of rotatable bonds is 11. The topological polar surface area (TPSA) is 282 Å². The summed E-state index contributed by atoms with van der Waals surface area (Å²) in [7, 11) is 5.53. The Bertz CT molecular complexity index is 3460. The molecule has 554 valence electrons. The van der Waals surface area contributed by atoms with Crippen LogP contribution in [0, 0.1) is 11.3 Å². The van der Waals surface area contributed by atoms with Gasteiger partial charge < -0.3 is 84.5 Å². The first-order chi connectivity index (χ1) is 49.1. The lowest BCUT2D eigenvalue weighted by atomic mass is 9.96. The fourth-order valence-electron chi connectivity index (χ4n) is 15.0. The quantitative estimate of drug-likeness (QED) is 0.118. The lowest BCUT2D eigenvalue weighted by molar-refractivity contribution is 0.0431. The third kappa shape index (κ3) is 19.8. The second-order valence-electron chi connectivity index (χ2n) is 27.8. The van der Waals surface area contributed by atoms with E-state index in [0.717, 1.165) is 133 Å². The van der Waals surface area contributed by atoms with Crippen LogP contribution >= 0.6 is 11.6 Å². The third-order valence-corrected chi connectivity index (χ3v) is 21.5. The number of carbonyl (C=O) groups excluding carboxylic acids is 7. The Morgan fingerprint density at radius 1 is 0.500 bits per heavy atom. The van der Waals surface area contributed by atoms with Crippen molar-refractivity contribution < 1.29 is 47.8 Å². The number of amides is 11. The Kier molecular flexibility index (Phi) is 28.3. The van der Waals surface area contributed by atoms with Crippen molar-refractivity contribution in [2.75, 3.05) is 111 Å². The number of halogens is 1. The lowest BCUT2D eigenvalue weighted by Crippen LogP contribution is -2.56. The van der Waals surface area contributed by atoms with Gasteiger partial charge in [0.15, 0.2) is 10.8 Å². The molecule has 3 aromatic carbocycles. The molecule has 0 saturated carbocycles. The van der Waals surface area contributed by atoms with Crippen LogP contribution in [0.3, 0.4) is 0 Å². The normalized spacial score (nSPS) is 25.8. The van der Waals surface area contributed by atoms with E-state index in [4.69, 9.17) is 36.8 Å². The number of anilines is 1. The molecule has 0 aliphatic carbocycles. The zero-order chi connectivity index (χ0) is 73.0. The maximum atomic E-state index is 12.5. The lowest BCUT2D eigenvalue weighted by Gasteiger charge is -2.43. The molecular weight excluding hydrogens is 1320 g/mol. The van der Waals surface area contributed by atoms with Crippen molar-refractivity contribution in [2.24, 2.45) is 5.73 Å². The van der Waals surface area contributed by atoms with E-state index in [2.05, 4.69) is 39.3 Å². The average Bonchev–Trinajstić information content (AvgIpc) is 1.46. The number of benzene rings is 3. The van der Waals surface area contributed by atoms with Crippen LogP contribution in [0.5, 0.6) is 0 Å². The van der Waals surface area contributed by atoms with Crippen molar-refractivity contribution in [2.45, 2.75) is 179 Å². The van der Waals surface area contributed by atoms with Crippen LogP contribution in [0.4, 0.5) is 39.4 Å². The smallest absolute Gasteiger partial charge is 0.410 e. The minimum atomic E-state index is -0.300. The van der Waals surface area contributed by atoms with E-state index < -0.39 is 0 Å². The molecule has 102 heavy (non-hydrogen) atoms. The second-order valence-corrected chi connectivity index (χ2v) is 28.2. The molecule has 9 aliphatic heterocycles. The molecule has 0 spiro atoms. The van der Waals surface area contributed by atoms with E-state index in [1.165, 1.54) is 6.42 Å². The molecule has 4 N–H and O–H groups in total. The Hall–Kier alpha value is -8.87. The van der Waals surface area contributed by atoms with Crippen LogP contribution in [-0.2, 0) is 34.0 Å². The second kappa shape index (κ2) is 37.3. The van der Waals surface area contributed by atoms with Gasteiger partial charge >= 0.3 is 42.4 Å². The number of likely N-dealkylation sites (N-methyl/N-ethyl adjacent to an activating group) is 3. The predicted molar refractivity (Wildman–Crippen MR) is 388 cm³/mol. The number of ether oxygens (including phenoxy) is 3. The number of hydrogen-bond donors (Lipinski definition) is 3. The summed E-state index contributed by atoms with van der Waals surface area (Å²) in [5.74, 6) is 0.659. The Morgan fingerprint density at radius 2 is 0.902 bits per heavy atom. The van der Waals surface area contributed by atoms with Gasteiger partial charge in [-0.2, -0.15) is 5.26 Å². The van der Waals surface area contributed by atoms with Crippen molar-refractivity contribution in [3.05, 3.63) is 125 Å². The zero-order valence-corrected chi connectivity index (χ0v) is 61.5. The molecule has 9 saturated heterocycles. The van der Waals surface area contributed by atoms with Crippen LogP contribution in [0.25, 0.3) is 0 Å². The van der Waals surface area contributed by atoms with Crippen molar-refractivity contribution >= 4 is 59.8 Å². The van der Waals surface area contributed by atoms with Gasteiger partial charge in [-0.25, -0.2) is 43.5 Å². The van der Waals surface area contributed by atoms with Crippen LogP contribution in [0.15, 0.2) is 97.2 Å². The van der Waals surface area contributed by atoms with Crippen molar-refractivity contribution in [3.63, 3.8) is 0 Å². The molecule has 0 bridgehead atoms. The SMILES string of the molecule is C[C@@H]1[C@H](N)CCCN1C(=O)OCc1ccccc1.C[C@@H]1[C@H](N2CCN(C)C2=O)CCCN1C(=O)OCc1ccccc1.C[C@@H]1[C@H](N2CCN(C)C2=O)CCCN1c1cnc(C#N)c(Cl)n1.C[C@@H]1[C@H](N2CCNC2=O)CCCN1C(=O)OCc1ccccc1.C[C@H]1NCCC[C@H]1N1CCN(C)C1=O. The highest BCUT2D eigenvalue weighted by Gasteiger charge is 2.43. The minimum Gasteiger partial charge on any atom is -0.445 e. The van der Waals surface area contributed by atoms with E-state index in [1.807, 2.05) is 159 Å². The van der Waals surface area contributed by atoms with Crippen LogP contribution in [-0.4, -0.2) is 268 Å². The molecular formula is C74H106ClN17O10. The molecule has 10 atom stereocenters. The summed E-state index contributed by atoms with van der Waals surface area (Å²) in [6.07, 6.45) is 10.6. The molecule has 28 heteroatoms. The molecule has 13 rings (SSSR count). The summed E-state index contributed by atoms with van der Waals surface area (Å²) in [6.45, 7) is 21.4. The van der Waals surface area contributed by atoms with Gasteiger partial charge in [-0.1, -0.05) is 103 Å². The van der Waals surface area contributed by atoms with Crippen molar-refractivity contribution in [1.82, 2.24) is 69.6 Å².